The zero-order chi connectivity index (χ0) is 23.8. The average molecular weight is 464 g/mol. The smallest absolute Gasteiger partial charge is 0.325 e. The third-order valence-electron chi connectivity index (χ3n) is 3.89. The van der Waals surface area contributed by atoms with Crippen molar-refractivity contribution in [2.75, 3.05) is 13.2 Å². The van der Waals surface area contributed by atoms with E-state index in [1.807, 2.05) is 0 Å². The van der Waals surface area contributed by atoms with Crippen LogP contribution in [0.15, 0.2) is 36.4 Å². The van der Waals surface area contributed by atoms with Gasteiger partial charge < -0.3 is 26.3 Å². The second kappa shape index (κ2) is 10.7. The molecule has 0 aliphatic carbocycles. The molecule has 2 rings (SSSR count). The van der Waals surface area contributed by atoms with Crippen LogP contribution in [-0.2, 0) is 20.9 Å². The van der Waals surface area contributed by atoms with E-state index in [2.05, 4.69) is 5.32 Å². The van der Waals surface area contributed by atoms with Gasteiger partial charge in [-0.3, -0.25) is 29.9 Å². The number of nitrogens with one attached hydrogen (secondary N) is 2. The van der Waals surface area contributed by atoms with Crippen LogP contribution in [0.5, 0.6) is 5.75 Å². The number of nitrogen functional groups attached to an aromatic ring is 1. The van der Waals surface area contributed by atoms with E-state index in [9.17, 15) is 24.5 Å². The Morgan fingerprint density at radius 1 is 1.12 bits per heavy atom. The van der Waals surface area contributed by atoms with E-state index >= 15 is 0 Å². The van der Waals surface area contributed by atoms with Gasteiger partial charge in [0.05, 0.1) is 4.92 Å². The van der Waals surface area contributed by atoms with Crippen molar-refractivity contribution in [3.05, 3.63) is 68.2 Å². The lowest BCUT2D eigenvalue weighted by atomic mass is 10.1. The number of carbonyl (C=O) groups is 3. The zero-order valence-electron chi connectivity index (χ0n) is 16.4. The normalized spacial score (nSPS) is 10.2. The van der Waals surface area contributed by atoms with Gasteiger partial charge in [0.1, 0.15) is 24.7 Å². The lowest BCUT2D eigenvalue weighted by Gasteiger charge is -2.13. The molecule has 0 atom stereocenters. The van der Waals surface area contributed by atoms with Crippen LogP contribution in [0.2, 0.25) is 5.02 Å². The van der Waals surface area contributed by atoms with Crippen molar-refractivity contribution >= 4 is 40.9 Å². The van der Waals surface area contributed by atoms with Gasteiger partial charge in [-0.25, -0.2) is 0 Å². The molecular formula is C19H18ClN5O7. The number of nitrogens with two attached hydrogens (primary N) is 2. The Hall–Kier alpha value is -4.19. The summed E-state index contributed by atoms with van der Waals surface area (Å²) in [4.78, 5) is 45.3. The number of halogens is 1. The molecular weight excluding hydrogens is 446 g/mol. The number of esters is 1. The Balaban J connectivity index is 1.99. The Bertz CT molecular complexity index is 1090. The van der Waals surface area contributed by atoms with E-state index in [1.54, 1.807) is 0 Å². The molecule has 0 aliphatic heterocycles. The highest BCUT2D eigenvalue weighted by Crippen LogP contribution is 2.22. The largest absolute Gasteiger partial charge is 0.483 e. The lowest BCUT2D eigenvalue weighted by Crippen LogP contribution is -2.30. The van der Waals surface area contributed by atoms with Crippen LogP contribution in [0, 0.1) is 15.5 Å². The maximum absolute atomic E-state index is 12.2. The summed E-state index contributed by atoms with van der Waals surface area (Å²) in [6, 6.07) is 7.70. The van der Waals surface area contributed by atoms with Gasteiger partial charge in [0.15, 0.2) is 6.61 Å². The van der Waals surface area contributed by atoms with Gasteiger partial charge in [-0.1, -0.05) is 23.7 Å². The van der Waals surface area contributed by atoms with Gasteiger partial charge in [-0.15, -0.1) is 0 Å². The van der Waals surface area contributed by atoms with Crippen molar-refractivity contribution in [1.29, 1.82) is 5.41 Å². The average Bonchev–Trinajstić information content (AvgIpc) is 2.74. The Morgan fingerprint density at radius 2 is 1.84 bits per heavy atom. The number of carbonyl (C=O) groups excluding carboxylic acids is 3. The standard InChI is InChI=1S/C19H18ClN5O7/c20-13-3-12(4-14(6-13)25(29)30)19(28)24-7-17(27)32-8-11-2-1-10(18(22)23)5-15(11)31-9-16(21)26/h1-6H,7-9H2,(H2,21,26)(H3,22,23)(H,24,28). The minimum absolute atomic E-state index is 0.00979. The number of rotatable bonds is 10. The molecule has 0 heterocycles. The number of primary amides is 1. The molecule has 32 heavy (non-hydrogen) atoms. The van der Waals surface area contributed by atoms with Crippen molar-refractivity contribution in [3.63, 3.8) is 0 Å². The number of non-ortho nitro benzene ring substituents is 1. The monoisotopic (exact) mass is 463 g/mol. The molecule has 0 bridgehead atoms. The van der Waals surface area contributed by atoms with Crippen molar-refractivity contribution in [1.82, 2.24) is 5.32 Å². The highest BCUT2D eigenvalue weighted by molar-refractivity contribution is 6.31. The van der Waals surface area contributed by atoms with Gasteiger partial charge in [-0.05, 0) is 12.1 Å². The fourth-order valence-corrected chi connectivity index (χ4v) is 2.63. The van der Waals surface area contributed by atoms with Crippen molar-refractivity contribution in [3.8, 4) is 5.75 Å². The maximum atomic E-state index is 12.2. The SMILES string of the molecule is N=C(N)c1ccc(COC(=O)CNC(=O)c2cc(Cl)cc([N+](=O)[O-])c2)c(OCC(N)=O)c1. The molecule has 6 N–H and O–H groups in total. The van der Waals surface area contributed by atoms with Crippen molar-refractivity contribution in [2.45, 2.75) is 6.61 Å². The highest BCUT2D eigenvalue weighted by atomic mass is 35.5. The summed E-state index contributed by atoms with van der Waals surface area (Å²) in [5, 5.41) is 20.6. The van der Waals surface area contributed by atoms with Gasteiger partial charge in [0.2, 0.25) is 0 Å². The molecule has 2 aromatic carbocycles. The van der Waals surface area contributed by atoms with E-state index in [0.717, 1.165) is 12.1 Å². The molecule has 0 radical (unpaired) electrons. The summed E-state index contributed by atoms with van der Waals surface area (Å²) < 4.78 is 10.3. The Morgan fingerprint density at radius 3 is 2.47 bits per heavy atom. The first-order chi connectivity index (χ1) is 15.1. The summed E-state index contributed by atoms with van der Waals surface area (Å²) in [5.41, 5.74) is 10.7. The molecule has 0 unspecified atom stereocenters. The summed E-state index contributed by atoms with van der Waals surface area (Å²) in [6.07, 6.45) is 0. The second-order valence-electron chi connectivity index (χ2n) is 6.29. The number of nitrogens with zero attached hydrogens (tertiary/aromatic N) is 1. The maximum Gasteiger partial charge on any atom is 0.325 e. The number of benzene rings is 2. The molecule has 0 fully saturated rings. The molecule has 0 saturated heterocycles. The minimum atomic E-state index is -0.814. The molecule has 2 aromatic rings. The van der Waals surface area contributed by atoms with E-state index in [1.165, 1.54) is 24.3 Å². The summed E-state index contributed by atoms with van der Waals surface area (Å²) >= 11 is 5.77. The van der Waals surface area contributed by atoms with E-state index < -0.39 is 35.9 Å². The second-order valence-corrected chi connectivity index (χ2v) is 6.73. The minimum Gasteiger partial charge on any atom is -0.483 e. The topological polar surface area (TPSA) is 201 Å². The number of nitro benzene ring substituents is 1. The predicted octanol–water partition coefficient (Wildman–Crippen LogP) is 0.870. The number of amidine groups is 1. The number of ether oxygens (including phenoxy) is 2. The van der Waals surface area contributed by atoms with Crippen LogP contribution in [-0.4, -0.2) is 41.7 Å². The Kier molecular flexibility index (Phi) is 8.07. The number of amides is 2. The van der Waals surface area contributed by atoms with Crippen molar-refractivity contribution in [2.24, 2.45) is 11.5 Å². The van der Waals surface area contributed by atoms with Gasteiger partial charge in [0.25, 0.3) is 17.5 Å². The Labute approximate surface area is 186 Å². The highest BCUT2D eigenvalue weighted by Gasteiger charge is 2.16. The first-order valence-electron chi connectivity index (χ1n) is 8.84. The number of nitro groups is 1. The summed E-state index contributed by atoms with van der Waals surface area (Å²) in [6.45, 7) is -1.24. The van der Waals surface area contributed by atoms with Crippen LogP contribution in [0.25, 0.3) is 0 Å². The first-order valence-corrected chi connectivity index (χ1v) is 9.22. The molecule has 0 saturated carbocycles. The van der Waals surface area contributed by atoms with E-state index in [0.29, 0.717) is 11.1 Å². The van der Waals surface area contributed by atoms with Crippen LogP contribution >= 0.6 is 11.6 Å². The third kappa shape index (κ3) is 6.95. The van der Waals surface area contributed by atoms with Crippen LogP contribution in [0.4, 0.5) is 5.69 Å². The molecule has 13 heteroatoms. The molecule has 12 nitrogen and oxygen atoms in total. The van der Waals surface area contributed by atoms with Gasteiger partial charge in [0, 0.05) is 33.8 Å². The molecule has 168 valence electrons. The third-order valence-corrected chi connectivity index (χ3v) is 4.10. The summed E-state index contributed by atoms with van der Waals surface area (Å²) in [5.74, 6) is -2.40. The first kappa shape index (κ1) is 24.1. The molecule has 0 spiro atoms. The van der Waals surface area contributed by atoms with E-state index in [-0.39, 0.29) is 34.5 Å². The van der Waals surface area contributed by atoms with Crippen LogP contribution in [0.1, 0.15) is 21.5 Å². The fourth-order valence-electron chi connectivity index (χ4n) is 2.40. The number of hydrogen-bond acceptors (Lipinski definition) is 8. The van der Waals surface area contributed by atoms with Gasteiger partial charge >= 0.3 is 5.97 Å². The van der Waals surface area contributed by atoms with E-state index in [4.69, 9.17) is 38.0 Å². The summed E-state index contributed by atoms with van der Waals surface area (Å²) in [7, 11) is 0. The van der Waals surface area contributed by atoms with Crippen LogP contribution < -0.4 is 21.5 Å². The molecule has 0 aliphatic rings. The van der Waals surface area contributed by atoms with Crippen molar-refractivity contribution < 1.29 is 28.8 Å². The van der Waals surface area contributed by atoms with Gasteiger partial charge in [-0.2, -0.15) is 0 Å². The van der Waals surface area contributed by atoms with Crippen LogP contribution in [0.3, 0.4) is 0 Å². The molecule has 2 amide bonds. The molecule has 0 aromatic heterocycles. The lowest BCUT2D eigenvalue weighted by molar-refractivity contribution is -0.384. The fraction of sp³-hybridized carbons (Fsp3) is 0.158. The zero-order valence-corrected chi connectivity index (χ0v) is 17.2. The number of hydrogen-bond donors (Lipinski definition) is 4. The predicted molar refractivity (Wildman–Crippen MR) is 112 cm³/mol. The quantitative estimate of drug-likeness (QED) is 0.130.